The first-order valence-corrected chi connectivity index (χ1v) is 8.50. The van der Waals surface area contributed by atoms with Gasteiger partial charge < -0.3 is 0 Å². The number of hydrogen-bond acceptors (Lipinski definition) is 2. The van der Waals surface area contributed by atoms with E-state index in [1.807, 2.05) is 27.7 Å². The van der Waals surface area contributed by atoms with Gasteiger partial charge in [-0.05, 0) is 12.8 Å². The Kier molecular flexibility index (Phi) is 15.4. The van der Waals surface area contributed by atoms with Gasteiger partial charge in [-0.15, -0.1) is 0 Å². The van der Waals surface area contributed by atoms with Crippen LogP contribution in [0.25, 0.3) is 0 Å². The summed E-state index contributed by atoms with van der Waals surface area (Å²) in [6.45, 7) is 7.91. The van der Waals surface area contributed by atoms with Gasteiger partial charge >= 0.3 is 0 Å². The lowest BCUT2D eigenvalue weighted by molar-refractivity contribution is -0.122. The van der Waals surface area contributed by atoms with Gasteiger partial charge in [-0.1, -0.05) is 73.6 Å². The summed E-state index contributed by atoms with van der Waals surface area (Å²) in [6.07, 6.45) is 11.0. The first-order chi connectivity index (χ1) is 9.45. The summed E-state index contributed by atoms with van der Waals surface area (Å²) < 4.78 is 0. The van der Waals surface area contributed by atoms with E-state index < -0.39 is 0 Å². The van der Waals surface area contributed by atoms with Crippen molar-refractivity contribution in [3.05, 3.63) is 0 Å². The largest absolute Gasteiger partial charge is 0.299 e. The predicted molar refractivity (Wildman–Crippen MR) is 92.6 cm³/mol. The predicted octanol–water partition coefficient (Wildman–Crippen LogP) is 5.97. The highest BCUT2D eigenvalue weighted by molar-refractivity contribution is 5.80. The molecular formula is C19H38O2. The van der Waals surface area contributed by atoms with Crippen molar-refractivity contribution in [3.8, 4) is 0 Å². The topological polar surface area (TPSA) is 34.1 Å². The third-order valence-corrected chi connectivity index (χ3v) is 3.88. The standard InChI is InChI=1S/C18H34O2.CH4/c1-15(2)17(19)13-11-9-7-5-6-8-10-12-14-18(20)16(3)4;/h15-16H,5-14H2,1-4H3;1H4. The Bertz CT molecular complexity index is 239. The molecule has 21 heavy (non-hydrogen) atoms. The van der Waals surface area contributed by atoms with Gasteiger partial charge in [-0.2, -0.15) is 0 Å². The zero-order valence-corrected chi connectivity index (χ0v) is 14.0. The van der Waals surface area contributed by atoms with E-state index in [2.05, 4.69) is 0 Å². The molecule has 0 heterocycles. The Hall–Kier alpha value is -0.660. The lowest BCUT2D eigenvalue weighted by Gasteiger charge is -2.05. The molecule has 0 aromatic heterocycles. The van der Waals surface area contributed by atoms with E-state index >= 15 is 0 Å². The van der Waals surface area contributed by atoms with E-state index in [0.29, 0.717) is 11.6 Å². The van der Waals surface area contributed by atoms with E-state index in [4.69, 9.17) is 0 Å². The maximum absolute atomic E-state index is 11.4. The summed E-state index contributed by atoms with van der Waals surface area (Å²) >= 11 is 0. The molecule has 0 fully saturated rings. The molecule has 0 aromatic carbocycles. The molecule has 0 radical (unpaired) electrons. The Morgan fingerprint density at radius 2 is 0.810 bits per heavy atom. The molecule has 0 saturated heterocycles. The van der Waals surface area contributed by atoms with Gasteiger partial charge in [0, 0.05) is 24.7 Å². The Labute approximate surface area is 133 Å². The number of unbranched alkanes of at least 4 members (excludes halogenated alkanes) is 7. The Morgan fingerprint density at radius 1 is 0.571 bits per heavy atom. The van der Waals surface area contributed by atoms with Crippen molar-refractivity contribution in [1.29, 1.82) is 0 Å². The number of Topliss-reactive ketones (excluding diaryl/α,β-unsaturated/α-hetero) is 2. The van der Waals surface area contributed by atoms with Crippen LogP contribution in [0, 0.1) is 11.8 Å². The molecule has 0 unspecified atom stereocenters. The van der Waals surface area contributed by atoms with Crippen molar-refractivity contribution in [2.45, 2.75) is 99.3 Å². The number of rotatable bonds is 13. The summed E-state index contributed by atoms with van der Waals surface area (Å²) in [7, 11) is 0. The van der Waals surface area contributed by atoms with Gasteiger partial charge in [0.05, 0.1) is 0 Å². The minimum absolute atomic E-state index is 0. The lowest BCUT2D eigenvalue weighted by Crippen LogP contribution is -2.06. The van der Waals surface area contributed by atoms with Crippen LogP contribution in [0.5, 0.6) is 0 Å². The fraction of sp³-hybridized carbons (Fsp3) is 0.895. The summed E-state index contributed by atoms with van der Waals surface area (Å²) in [5, 5.41) is 0. The highest BCUT2D eigenvalue weighted by Crippen LogP contribution is 2.13. The van der Waals surface area contributed by atoms with Crippen LogP contribution in [0.3, 0.4) is 0 Å². The molecule has 2 nitrogen and oxygen atoms in total. The smallest absolute Gasteiger partial charge is 0.135 e. The molecule has 0 amide bonds. The molecular weight excluding hydrogens is 260 g/mol. The lowest BCUT2D eigenvalue weighted by atomic mass is 10.00. The van der Waals surface area contributed by atoms with Gasteiger partial charge in [0.25, 0.3) is 0 Å². The Morgan fingerprint density at radius 3 is 1.05 bits per heavy atom. The number of carbonyl (C=O) groups is 2. The average molecular weight is 299 g/mol. The van der Waals surface area contributed by atoms with E-state index in [9.17, 15) is 9.59 Å². The Balaban J connectivity index is 0. The summed E-state index contributed by atoms with van der Waals surface area (Å²) in [4.78, 5) is 22.9. The molecule has 0 spiro atoms. The summed E-state index contributed by atoms with van der Waals surface area (Å²) in [6, 6.07) is 0. The molecule has 0 saturated carbocycles. The van der Waals surface area contributed by atoms with Crippen molar-refractivity contribution in [1.82, 2.24) is 0 Å². The zero-order chi connectivity index (χ0) is 15.4. The molecule has 2 heteroatoms. The van der Waals surface area contributed by atoms with Crippen molar-refractivity contribution >= 4 is 11.6 Å². The van der Waals surface area contributed by atoms with E-state index in [-0.39, 0.29) is 19.3 Å². The van der Waals surface area contributed by atoms with E-state index in [1.165, 1.54) is 38.5 Å². The van der Waals surface area contributed by atoms with Crippen molar-refractivity contribution in [2.75, 3.05) is 0 Å². The maximum Gasteiger partial charge on any atom is 0.135 e. The number of hydrogen-bond donors (Lipinski definition) is 0. The zero-order valence-electron chi connectivity index (χ0n) is 14.0. The van der Waals surface area contributed by atoms with Crippen LogP contribution in [0.15, 0.2) is 0 Å². The minimum Gasteiger partial charge on any atom is -0.299 e. The minimum atomic E-state index is 0. The fourth-order valence-electron chi connectivity index (χ4n) is 2.24. The van der Waals surface area contributed by atoms with Crippen LogP contribution < -0.4 is 0 Å². The van der Waals surface area contributed by atoms with Crippen molar-refractivity contribution in [3.63, 3.8) is 0 Å². The molecule has 0 N–H and O–H groups in total. The molecule has 0 bridgehead atoms. The van der Waals surface area contributed by atoms with Crippen molar-refractivity contribution < 1.29 is 9.59 Å². The van der Waals surface area contributed by atoms with E-state index in [1.54, 1.807) is 0 Å². The second-order valence-electron chi connectivity index (χ2n) is 6.57. The fourth-order valence-corrected chi connectivity index (χ4v) is 2.24. The van der Waals surface area contributed by atoms with Crippen LogP contribution in [-0.4, -0.2) is 11.6 Å². The van der Waals surface area contributed by atoms with E-state index in [0.717, 1.165) is 25.7 Å². The third-order valence-electron chi connectivity index (χ3n) is 3.88. The third kappa shape index (κ3) is 14.1. The van der Waals surface area contributed by atoms with Crippen LogP contribution in [0.2, 0.25) is 0 Å². The molecule has 0 atom stereocenters. The highest BCUT2D eigenvalue weighted by atomic mass is 16.1. The molecule has 0 aliphatic carbocycles. The quantitative estimate of drug-likeness (QED) is 0.392. The van der Waals surface area contributed by atoms with Crippen LogP contribution in [0.4, 0.5) is 0 Å². The van der Waals surface area contributed by atoms with Gasteiger partial charge in [-0.3, -0.25) is 9.59 Å². The first kappa shape index (κ1) is 22.6. The molecule has 0 rings (SSSR count). The van der Waals surface area contributed by atoms with Gasteiger partial charge in [0.15, 0.2) is 0 Å². The number of carbonyl (C=O) groups excluding carboxylic acids is 2. The second-order valence-corrected chi connectivity index (χ2v) is 6.57. The molecule has 0 aromatic rings. The molecule has 0 aliphatic heterocycles. The van der Waals surface area contributed by atoms with Gasteiger partial charge in [0.2, 0.25) is 0 Å². The van der Waals surface area contributed by atoms with Crippen LogP contribution in [0.1, 0.15) is 99.3 Å². The number of ketones is 2. The van der Waals surface area contributed by atoms with Gasteiger partial charge in [-0.25, -0.2) is 0 Å². The highest BCUT2D eigenvalue weighted by Gasteiger charge is 2.06. The van der Waals surface area contributed by atoms with Crippen LogP contribution in [-0.2, 0) is 9.59 Å². The maximum atomic E-state index is 11.4. The summed E-state index contributed by atoms with van der Waals surface area (Å²) in [5.41, 5.74) is 0. The monoisotopic (exact) mass is 298 g/mol. The van der Waals surface area contributed by atoms with Gasteiger partial charge in [0.1, 0.15) is 11.6 Å². The normalized spacial score (nSPS) is 10.8. The summed E-state index contributed by atoms with van der Waals surface area (Å²) in [5.74, 6) is 1.20. The first-order valence-electron chi connectivity index (χ1n) is 8.50. The van der Waals surface area contributed by atoms with Crippen LogP contribution >= 0.6 is 0 Å². The van der Waals surface area contributed by atoms with Crippen molar-refractivity contribution in [2.24, 2.45) is 11.8 Å². The average Bonchev–Trinajstić information content (AvgIpc) is 2.39. The SMILES string of the molecule is C.CC(C)C(=O)CCCCCCCCCCC(=O)C(C)C. The molecule has 126 valence electrons. The molecule has 0 aliphatic rings. The second kappa shape index (κ2) is 14.3.